The van der Waals surface area contributed by atoms with Crippen LogP contribution in [-0.4, -0.2) is 16.2 Å². The van der Waals surface area contributed by atoms with E-state index < -0.39 is 5.97 Å². The molecule has 2 aromatic rings. The molecule has 1 aliphatic heterocycles. The minimum Gasteiger partial charge on any atom is -0.506 e. The summed E-state index contributed by atoms with van der Waals surface area (Å²) in [6.07, 6.45) is 3.09. The molecule has 0 atom stereocenters. The zero-order chi connectivity index (χ0) is 18.3. The first-order valence-corrected chi connectivity index (χ1v) is 9.95. The van der Waals surface area contributed by atoms with Crippen LogP contribution in [0.1, 0.15) is 11.1 Å². The largest absolute Gasteiger partial charge is 0.506 e. The first-order chi connectivity index (χ1) is 11.8. The lowest BCUT2D eigenvalue weighted by molar-refractivity contribution is -0.132. The maximum atomic E-state index is 11.8. The number of aromatic hydroxyl groups is 2. The summed E-state index contributed by atoms with van der Waals surface area (Å²) in [7, 11) is 0. The molecule has 1 heterocycles. The predicted molar refractivity (Wildman–Crippen MR) is 109 cm³/mol. The van der Waals surface area contributed by atoms with Gasteiger partial charge in [0.25, 0.3) is 0 Å². The SMILES string of the molecule is O=C1C=C(c2cc(Br)c(O)c(Br)c2)C(=Cc2cc(Br)c(O)c(Br)c2)O1. The van der Waals surface area contributed by atoms with Gasteiger partial charge in [-0.15, -0.1) is 0 Å². The second-order valence-electron chi connectivity index (χ2n) is 5.11. The Labute approximate surface area is 176 Å². The standard InChI is InChI=1S/C17H8Br4O4/c18-10-1-7(2-11(19)16(10)23)3-14-9(6-15(22)25-14)8-4-12(20)17(24)13(21)5-8/h1-6,23-24H. The van der Waals surface area contributed by atoms with E-state index in [1.807, 2.05) is 0 Å². The minimum atomic E-state index is -0.474. The summed E-state index contributed by atoms with van der Waals surface area (Å²) >= 11 is 13.1. The van der Waals surface area contributed by atoms with Crippen LogP contribution < -0.4 is 0 Å². The van der Waals surface area contributed by atoms with Crippen molar-refractivity contribution in [1.82, 2.24) is 0 Å². The molecule has 1 aliphatic rings. The molecule has 0 unspecified atom stereocenters. The van der Waals surface area contributed by atoms with Crippen LogP contribution in [0.25, 0.3) is 11.6 Å². The van der Waals surface area contributed by atoms with Gasteiger partial charge in [0.05, 0.1) is 17.9 Å². The van der Waals surface area contributed by atoms with E-state index in [2.05, 4.69) is 63.7 Å². The van der Waals surface area contributed by atoms with E-state index in [4.69, 9.17) is 4.74 Å². The van der Waals surface area contributed by atoms with Crippen molar-refractivity contribution in [2.45, 2.75) is 0 Å². The summed E-state index contributed by atoms with van der Waals surface area (Å²) in [4.78, 5) is 11.8. The molecule has 0 radical (unpaired) electrons. The smallest absolute Gasteiger partial charge is 0.336 e. The van der Waals surface area contributed by atoms with Gasteiger partial charge in [0.2, 0.25) is 0 Å². The van der Waals surface area contributed by atoms with Crippen molar-refractivity contribution in [3.8, 4) is 11.5 Å². The molecule has 0 aromatic heterocycles. The van der Waals surface area contributed by atoms with Crippen molar-refractivity contribution in [1.29, 1.82) is 0 Å². The summed E-state index contributed by atoms with van der Waals surface area (Å²) in [5, 5.41) is 19.7. The highest BCUT2D eigenvalue weighted by Gasteiger charge is 2.23. The topological polar surface area (TPSA) is 66.8 Å². The fourth-order valence-corrected chi connectivity index (χ4v) is 4.66. The second kappa shape index (κ2) is 7.26. The number of phenolic OH excluding ortho intramolecular Hbond substituents is 2. The average molecular weight is 596 g/mol. The third-order valence-electron chi connectivity index (χ3n) is 3.40. The number of allylic oxidation sites excluding steroid dienone is 1. The molecule has 0 aliphatic carbocycles. The van der Waals surface area contributed by atoms with E-state index in [9.17, 15) is 15.0 Å². The Bertz CT molecular complexity index is 917. The van der Waals surface area contributed by atoms with Crippen LogP contribution in [-0.2, 0) is 9.53 Å². The van der Waals surface area contributed by atoms with Gasteiger partial charge in [0.1, 0.15) is 17.3 Å². The van der Waals surface area contributed by atoms with Crippen LogP contribution in [0.2, 0.25) is 0 Å². The third kappa shape index (κ3) is 3.86. The Morgan fingerprint density at radius 1 is 0.840 bits per heavy atom. The van der Waals surface area contributed by atoms with E-state index in [1.165, 1.54) is 6.08 Å². The highest BCUT2D eigenvalue weighted by Crippen LogP contribution is 2.40. The molecule has 4 nitrogen and oxygen atoms in total. The fourth-order valence-electron chi connectivity index (χ4n) is 2.26. The normalized spacial score (nSPS) is 15.4. The van der Waals surface area contributed by atoms with Crippen LogP contribution in [0, 0.1) is 0 Å². The molecular weight excluding hydrogens is 588 g/mol. The van der Waals surface area contributed by atoms with E-state index in [0.29, 0.717) is 34.8 Å². The molecule has 0 spiro atoms. The molecule has 0 saturated heterocycles. The van der Waals surface area contributed by atoms with Gasteiger partial charge in [-0.3, -0.25) is 0 Å². The van der Waals surface area contributed by atoms with Crippen molar-refractivity contribution in [3.05, 3.63) is 65.1 Å². The van der Waals surface area contributed by atoms with Gasteiger partial charge < -0.3 is 14.9 Å². The number of benzene rings is 2. The number of ether oxygens (including phenoxy) is 1. The van der Waals surface area contributed by atoms with Gasteiger partial charge in [-0.1, -0.05) is 0 Å². The van der Waals surface area contributed by atoms with Gasteiger partial charge in [-0.25, -0.2) is 4.79 Å². The molecule has 0 bridgehead atoms. The van der Waals surface area contributed by atoms with Crippen LogP contribution in [0.5, 0.6) is 11.5 Å². The monoisotopic (exact) mass is 592 g/mol. The highest BCUT2D eigenvalue weighted by atomic mass is 79.9. The quantitative estimate of drug-likeness (QED) is 0.410. The molecule has 128 valence electrons. The van der Waals surface area contributed by atoms with Crippen LogP contribution in [0.4, 0.5) is 0 Å². The summed E-state index contributed by atoms with van der Waals surface area (Å²) in [5.74, 6) is 0.0664. The Balaban J connectivity index is 2.08. The molecule has 0 fully saturated rings. The maximum absolute atomic E-state index is 11.8. The van der Waals surface area contributed by atoms with Crippen molar-refractivity contribution in [2.75, 3.05) is 0 Å². The number of carbonyl (C=O) groups excluding carboxylic acids is 1. The molecule has 25 heavy (non-hydrogen) atoms. The van der Waals surface area contributed by atoms with Crippen LogP contribution in [0.3, 0.4) is 0 Å². The maximum Gasteiger partial charge on any atom is 0.336 e. The first-order valence-electron chi connectivity index (χ1n) is 6.78. The number of hydrogen-bond acceptors (Lipinski definition) is 4. The number of esters is 1. The number of rotatable bonds is 2. The second-order valence-corrected chi connectivity index (χ2v) is 8.53. The van der Waals surface area contributed by atoms with Crippen molar-refractivity contribution in [2.24, 2.45) is 0 Å². The van der Waals surface area contributed by atoms with Gasteiger partial charge in [0, 0.05) is 11.6 Å². The van der Waals surface area contributed by atoms with Crippen molar-refractivity contribution >= 4 is 81.3 Å². The Morgan fingerprint density at radius 3 is 1.84 bits per heavy atom. The molecule has 0 amide bonds. The third-order valence-corrected chi connectivity index (χ3v) is 5.82. The molecular formula is C17H8Br4O4. The number of hydrogen-bond donors (Lipinski definition) is 2. The van der Waals surface area contributed by atoms with E-state index in [1.54, 1.807) is 30.3 Å². The van der Waals surface area contributed by atoms with E-state index in [-0.39, 0.29) is 11.5 Å². The molecule has 3 rings (SSSR count). The predicted octanol–water partition coefficient (Wildman–Crippen LogP) is 6.13. The first kappa shape index (κ1) is 18.7. The van der Waals surface area contributed by atoms with Gasteiger partial charge in [-0.2, -0.15) is 0 Å². The van der Waals surface area contributed by atoms with Crippen molar-refractivity contribution in [3.63, 3.8) is 0 Å². The number of phenols is 2. The van der Waals surface area contributed by atoms with Gasteiger partial charge in [0.15, 0.2) is 0 Å². The fraction of sp³-hybridized carbons (Fsp3) is 0. The number of carbonyl (C=O) groups is 1. The Morgan fingerprint density at radius 2 is 1.32 bits per heavy atom. The Kier molecular flexibility index (Phi) is 5.43. The molecule has 8 heteroatoms. The molecule has 2 N–H and O–H groups in total. The van der Waals surface area contributed by atoms with E-state index >= 15 is 0 Å². The molecule has 2 aromatic carbocycles. The minimum absolute atomic E-state index is 0.0755. The van der Waals surface area contributed by atoms with Gasteiger partial charge >= 0.3 is 5.97 Å². The zero-order valence-electron chi connectivity index (χ0n) is 12.2. The van der Waals surface area contributed by atoms with Crippen molar-refractivity contribution < 1.29 is 19.7 Å². The van der Waals surface area contributed by atoms with Gasteiger partial charge in [-0.05, 0) is 105 Å². The molecule has 0 saturated carbocycles. The number of cyclic esters (lactones) is 1. The van der Waals surface area contributed by atoms with Crippen LogP contribution >= 0.6 is 63.7 Å². The lowest BCUT2D eigenvalue weighted by atomic mass is 10.0. The summed E-state index contributed by atoms with van der Waals surface area (Å²) in [6, 6.07) is 6.81. The average Bonchev–Trinajstić information content (AvgIpc) is 2.90. The lowest BCUT2D eigenvalue weighted by Crippen LogP contribution is -1.92. The summed E-state index contributed by atoms with van der Waals surface area (Å²) < 4.78 is 7.31. The number of halogens is 4. The Hall–Kier alpha value is -1.09. The summed E-state index contributed by atoms with van der Waals surface area (Å²) in [6.45, 7) is 0. The van der Waals surface area contributed by atoms with E-state index in [0.717, 1.165) is 5.56 Å². The van der Waals surface area contributed by atoms with Crippen LogP contribution in [0.15, 0.2) is 54.0 Å². The highest BCUT2D eigenvalue weighted by molar-refractivity contribution is 9.11. The summed E-state index contributed by atoms with van der Waals surface area (Å²) in [5.41, 5.74) is 2.02. The zero-order valence-corrected chi connectivity index (χ0v) is 18.5. The lowest BCUT2D eigenvalue weighted by Gasteiger charge is -2.09.